The molecule has 0 aliphatic carbocycles. The number of benzene rings is 1. The zero-order valence-corrected chi connectivity index (χ0v) is 16.6. The molecule has 1 N–H and O–H groups in total. The number of hydrogen-bond donors (Lipinski definition) is 2. The summed E-state index contributed by atoms with van der Waals surface area (Å²) in [6.45, 7) is 7.11. The van der Waals surface area contributed by atoms with Crippen LogP contribution in [-0.2, 0) is 6.54 Å². The van der Waals surface area contributed by atoms with Gasteiger partial charge in [0.1, 0.15) is 6.61 Å². The second-order valence-corrected chi connectivity index (χ2v) is 7.32. The van der Waals surface area contributed by atoms with E-state index >= 15 is 0 Å². The Morgan fingerprint density at radius 1 is 1.20 bits per heavy atom. The van der Waals surface area contributed by atoms with Gasteiger partial charge in [0.05, 0.1) is 0 Å². The average Bonchev–Trinajstić information content (AvgIpc) is 2.64. The summed E-state index contributed by atoms with van der Waals surface area (Å²) in [5, 5.41) is 8.98. The molecule has 3 nitrogen and oxygen atoms in total. The molecule has 1 aromatic carbocycles. The van der Waals surface area contributed by atoms with Crippen LogP contribution in [0.15, 0.2) is 48.8 Å². The van der Waals surface area contributed by atoms with E-state index in [2.05, 4.69) is 72.9 Å². The highest BCUT2D eigenvalue weighted by atomic mass is 33.1. The molecule has 0 spiro atoms. The van der Waals surface area contributed by atoms with Gasteiger partial charge < -0.3 is 10.0 Å². The predicted octanol–water partition coefficient (Wildman–Crippen LogP) is 3.93. The van der Waals surface area contributed by atoms with E-state index in [1.807, 2.05) is 17.0 Å². The Kier molecular flexibility index (Phi) is 8.38. The molecule has 1 aromatic heterocycles. The van der Waals surface area contributed by atoms with E-state index < -0.39 is 0 Å². The lowest BCUT2D eigenvalue weighted by molar-refractivity contribution is -0.698. The van der Waals surface area contributed by atoms with Gasteiger partial charge in [-0.3, -0.25) is 0 Å². The minimum absolute atomic E-state index is 0.159. The molecule has 134 valence electrons. The predicted molar refractivity (Wildman–Crippen MR) is 113 cm³/mol. The summed E-state index contributed by atoms with van der Waals surface area (Å²) in [6.07, 6.45) is 6.21. The van der Waals surface area contributed by atoms with E-state index in [0.717, 1.165) is 18.8 Å². The highest BCUT2D eigenvalue weighted by Gasteiger charge is 2.04. The number of pyridine rings is 1. The quantitative estimate of drug-likeness (QED) is 0.395. The molecule has 0 saturated carbocycles. The number of nitrogens with zero attached hydrogens (tertiary/aromatic N) is 2. The van der Waals surface area contributed by atoms with Crippen molar-refractivity contribution in [2.45, 2.75) is 20.4 Å². The molecule has 0 atom stereocenters. The van der Waals surface area contributed by atoms with Crippen molar-refractivity contribution in [2.24, 2.45) is 0 Å². The number of aliphatic hydroxyl groups is 1. The maximum Gasteiger partial charge on any atom is 0.171 e. The van der Waals surface area contributed by atoms with E-state index in [9.17, 15) is 0 Å². The summed E-state index contributed by atoms with van der Waals surface area (Å²) in [5.41, 5.74) is 4.87. The SMILES string of the molecule is CCN(CCSS)c1ccc(/C=C(\C)c2cc[n+](CCO)cc2)cc1. The molecule has 25 heavy (non-hydrogen) atoms. The van der Waals surface area contributed by atoms with Crippen LogP contribution in [0.2, 0.25) is 0 Å². The molecule has 0 saturated heterocycles. The maximum atomic E-state index is 8.98. The van der Waals surface area contributed by atoms with Crippen molar-refractivity contribution in [2.75, 3.05) is 30.3 Å². The third-order valence-corrected chi connectivity index (χ3v) is 5.09. The minimum atomic E-state index is 0.159. The Labute approximate surface area is 160 Å². The van der Waals surface area contributed by atoms with Crippen LogP contribution in [-0.4, -0.2) is 30.6 Å². The monoisotopic (exact) mass is 375 g/mol. The van der Waals surface area contributed by atoms with E-state index in [-0.39, 0.29) is 6.61 Å². The van der Waals surface area contributed by atoms with Gasteiger partial charge >= 0.3 is 0 Å². The maximum absolute atomic E-state index is 8.98. The highest BCUT2D eigenvalue weighted by Crippen LogP contribution is 2.20. The molecule has 2 aromatic rings. The molecule has 1 heterocycles. The fourth-order valence-corrected chi connectivity index (χ4v) is 3.27. The molecule has 0 amide bonds. The fraction of sp³-hybridized carbons (Fsp3) is 0.350. The lowest BCUT2D eigenvalue weighted by Crippen LogP contribution is -2.34. The first-order valence-electron chi connectivity index (χ1n) is 8.58. The standard InChI is InChI=1S/C20H26N2OS2/c1-3-22(13-15-25-24)20-6-4-18(5-7-20)16-17(2)19-8-10-21(11-9-19)12-14-23/h4-11,16,23H,3,12-15H2,1-2H3/p+1. The Morgan fingerprint density at radius 2 is 1.88 bits per heavy atom. The van der Waals surface area contributed by atoms with Crippen molar-refractivity contribution in [1.29, 1.82) is 0 Å². The molecule has 0 aliphatic heterocycles. The van der Waals surface area contributed by atoms with Crippen LogP contribution in [0.3, 0.4) is 0 Å². The van der Waals surface area contributed by atoms with Crippen molar-refractivity contribution in [3.63, 3.8) is 0 Å². The molecule has 0 unspecified atom stereocenters. The second-order valence-electron chi connectivity index (χ2n) is 5.88. The second kappa shape index (κ2) is 10.5. The van der Waals surface area contributed by atoms with Crippen molar-refractivity contribution in [1.82, 2.24) is 0 Å². The van der Waals surface area contributed by atoms with Crippen molar-refractivity contribution >= 4 is 39.8 Å². The first-order chi connectivity index (χ1) is 12.2. The van der Waals surface area contributed by atoms with Gasteiger partial charge in [0, 0.05) is 36.7 Å². The Bertz CT molecular complexity index is 669. The van der Waals surface area contributed by atoms with E-state index in [1.165, 1.54) is 22.4 Å². The van der Waals surface area contributed by atoms with Crippen LogP contribution in [0.1, 0.15) is 25.0 Å². The molecule has 0 aliphatic rings. The van der Waals surface area contributed by atoms with E-state index in [1.54, 1.807) is 10.8 Å². The molecule has 5 heteroatoms. The molecule has 0 bridgehead atoms. The zero-order valence-electron chi connectivity index (χ0n) is 14.9. The Morgan fingerprint density at radius 3 is 2.44 bits per heavy atom. The first-order valence-corrected chi connectivity index (χ1v) is 10.6. The van der Waals surface area contributed by atoms with Gasteiger partial charge in [-0.25, -0.2) is 4.57 Å². The van der Waals surface area contributed by atoms with Crippen LogP contribution in [0, 0.1) is 0 Å². The first kappa shape index (κ1) is 19.9. The van der Waals surface area contributed by atoms with Gasteiger partial charge in [-0.1, -0.05) is 29.0 Å². The van der Waals surface area contributed by atoms with Gasteiger partial charge in [-0.05, 0) is 42.7 Å². The molecular weight excluding hydrogens is 348 g/mol. The van der Waals surface area contributed by atoms with Crippen LogP contribution in [0.25, 0.3) is 11.6 Å². The summed E-state index contributed by atoms with van der Waals surface area (Å²) >= 11 is 4.22. The number of aromatic nitrogens is 1. The lowest BCUT2D eigenvalue weighted by Gasteiger charge is -2.22. The summed E-state index contributed by atoms with van der Waals surface area (Å²) in [6, 6.07) is 12.9. The van der Waals surface area contributed by atoms with Gasteiger partial charge in [-0.15, -0.1) is 11.7 Å². The van der Waals surface area contributed by atoms with Crippen LogP contribution >= 0.6 is 22.5 Å². The normalized spacial score (nSPS) is 11.6. The largest absolute Gasteiger partial charge is 0.390 e. The van der Waals surface area contributed by atoms with Crippen molar-refractivity contribution < 1.29 is 9.67 Å². The number of aliphatic hydroxyl groups excluding tert-OH is 1. The molecule has 0 fully saturated rings. The Balaban J connectivity index is 2.09. The zero-order chi connectivity index (χ0) is 18.1. The summed E-state index contributed by atoms with van der Waals surface area (Å²) in [7, 11) is 1.58. The lowest BCUT2D eigenvalue weighted by atomic mass is 10.1. The van der Waals surface area contributed by atoms with Gasteiger partial charge in [0.15, 0.2) is 18.9 Å². The topological polar surface area (TPSA) is 27.4 Å². The van der Waals surface area contributed by atoms with Gasteiger partial charge in [-0.2, -0.15) is 0 Å². The van der Waals surface area contributed by atoms with Crippen LogP contribution < -0.4 is 9.47 Å². The van der Waals surface area contributed by atoms with Crippen LogP contribution in [0.5, 0.6) is 0 Å². The molecular formula is C20H27N2OS2+. The summed E-state index contributed by atoms with van der Waals surface area (Å²) in [5.74, 6) is 1.02. The van der Waals surface area contributed by atoms with E-state index in [4.69, 9.17) is 5.11 Å². The smallest absolute Gasteiger partial charge is 0.171 e. The third kappa shape index (κ3) is 6.10. The van der Waals surface area contributed by atoms with Gasteiger partial charge in [0.25, 0.3) is 0 Å². The fourth-order valence-electron chi connectivity index (χ4n) is 2.72. The molecule has 0 radical (unpaired) electrons. The number of thiol groups is 1. The van der Waals surface area contributed by atoms with E-state index in [0.29, 0.717) is 6.54 Å². The van der Waals surface area contributed by atoms with Crippen molar-refractivity contribution in [3.05, 3.63) is 59.9 Å². The number of hydrogen-bond acceptors (Lipinski definition) is 4. The van der Waals surface area contributed by atoms with Crippen molar-refractivity contribution in [3.8, 4) is 0 Å². The van der Waals surface area contributed by atoms with Gasteiger partial charge in [0.2, 0.25) is 0 Å². The minimum Gasteiger partial charge on any atom is -0.390 e. The number of rotatable bonds is 9. The Hall–Kier alpha value is -1.43. The average molecular weight is 376 g/mol. The number of anilines is 1. The summed E-state index contributed by atoms with van der Waals surface area (Å²) in [4.78, 5) is 2.36. The van der Waals surface area contributed by atoms with Crippen LogP contribution in [0.4, 0.5) is 5.69 Å². The molecule has 2 rings (SSSR count). The number of allylic oxidation sites excluding steroid dienone is 1. The summed E-state index contributed by atoms with van der Waals surface area (Å²) < 4.78 is 1.98. The third-order valence-electron chi connectivity index (χ3n) is 4.18. The highest BCUT2D eigenvalue weighted by molar-refractivity contribution is 8.68.